The van der Waals surface area contributed by atoms with Crippen LogP contribution in [-0.2, 0) is 4.79 Å². The second-order valence-electron chi connectivity index (χ2n) is 6.36. The van der Waals surface area contributed by atoms with Gasteiger partial charge in [-0.25, -0.2) is 0 Å². The van der Waals surface area contributed by atoms with E-state index in [2.05, 4.69) is 35.1 Å². The average molecular weight is 328 g/mol. The summed E-state index contributed by atoms with van der Waals surface area (Å²) in [4.78, 5) is 13.6. The number of thiophene rings is 1. The molecule has 1 aromatic heterocycles. The first-order valence-electron chi connectivity index (χ1n) is 8.37. The SMILES string of the molecule is CC(CC(=O)Nc1ccccc1-c1cccs1)C1CCCNC1. The Kier molecular flexibility index (Phi) is 5.47. The van der Waals surface area contributed by atoms with Gasteiger partial charge < -0.3 is 10.6 Å². The molecule has 1 aromatic carbocycles. The molecule has 2 heterocycles. The summed E-state index contributed by atoms with van der Waals surface area (Å²) < 4.78 is 0. The number of rotatable bonds is 5. The molecule has 2 aromatic rings. The van der Waals surface area contributed by atoms with Crippen LogP contribution >= 0.6 is 11.3 Å². The molecule has 2 N–H and O–H groups in total. The molecule has 0 aliphatic carbocycles. The molecule has 0 radical (unpaired) electrons. The van der Waals surface area contributed by atoms with Gasteiger partial charge in [-0.15, -0.1) is 11.3 Å². The molecule has 3 rings (SSSR count). The molecule has 4 heteroatoms. The van der Waals surface area contributed by atoms with Crippen molar-refractivity contribution in [2.45, 2.75) is 26.2 Å². The number of amides is 1. The van der Waals surface area contributed by atoms with Gasteiger partial charge in [-0.2, -0.15) is 0 Å². The Hall–Kier alpha value is -1.65. The first kappa shape index (κ1) is 16.2. The summed E-state index contributed by atoms with van der Waals surface area (Å²) in [5.74, 6) is 1.14. The van der Waals surface area contributed by atoms with E-state index in [-0.39, 0.29) is 5.91 Å². The van der Waals surface area contributed by atoms with Gasteiger partial charge in [0.25, 0.3) is 0 Å². The van der Waals surface area contributed by atoms with Crippen LogP contribution in [0.4, 0.5) is 5.69 Å². The largest absolute Gasteiger partial charge is 0.325 e. The van der Waals surface area contributed by atoms with Crippen molar-refractivity contribution in [2.24, 2.45) is 11.8 Å². The molecule has 1 aliphatic heterocycles. The van der Waals surface area contributed by atoms with Gasteiger partial charge in [0.15, 0.2) is 0 Å². The third kappa shape index (κ3) is 4.21. The van der Waals surface area contributed by atoms with E-state index in [9.17, 15) is 4.79 Å². The Bertz CT molecular complexity index is 633. The van der Waals surface area contributed by atoms with Crippen molar-refractivity contribution in [2.75, 3.05) is 18.4 Å². The molecule has 1 amide bonds. The molecular weight excluding hydrogens is 304 g/mol. The lowest BCUT2D eigenvalue weighted by Crippen LogP contribution is -2.34. The number of hydrogen-bond acceptors (Lipinski definition) is 3. The highest BCUT2D eigenvalue weighted by molar-refractivity contribution is 7.13. The maximum atomic E-state index is 12.5. The van der Waals surface area contributed by atoms with E-state index in [0.29, 0.717) is 18.3 Å². The molecule has 3 nitrogen and oxygen atoms in total. The molecule has 2 atom stereocenters. The lowest BCUT2D eigenvalue weighted by Gasteiger charge is -2.28. The molecule has 0 spiro atoms. The summed E-state index contributed by atoms with van der Waals surface area (Å²) in [6.07, 6.45) is 3.04. The van der Waals surface area contributed by atoms with Gasteiger partial charge in [-0.3, -0.25) is 4.79 Å². The van der Waals surface area contributed by atoms with Crippen LogP contribution in [0.1, 0.15) is 26.2 Å². The van der Waals surface area contributed by atoms with Crippen LogP contribution in [0.25, 0.3) is 10.4 Å². The quantitative estimate of drug-likeness (QED) is 0.855. The highest BCUT2D eigenvalue weighted by Crippen LogP contribution is 2.31. The predicted octanol–water partition coefficient (Wildman–Crippen LogP) is 4.38. The van der Waals surface area contributed by atoms with Crippen LogP contribution < -0.4 is 10.6 Å². The summed E-state index contributed by atoms with van der Waals surface area (Å²) in [7, 11) is 0. The van der Waals surface area contributed by atoms with Gasteiger partial charge in [-0.1, -0.05) is 31.2 Å². The van der Waals surface area contributed by atoms with Gasteiger partial charge in [-0.05, 0) is 55.3 Å². The van der Waals surface area contributed by atoms with E-state index in [1.165, 1.54) is 17.7 Å². The van der Waals surface area contributed by atoms with Crippen molar-refractivity contribution >= 4 is 22.9 Å². The maximum Gasteiger partial charge on any atom is 0.224 e. The van der Waals surface area contributed by atoms with Crippen molar-refractivity contribution < 1.29 is 4.79 Å². The van der Waals surface area contributed by atoms with E-state index in [1.54, 1.807) is 11.3 Å². The van der Waals surface area contributed by atoms with E-state index >= 15 is 0 Å². The number of piperidine rings is 1. The number of carbonyl (C=O) groups is 1. The first-order valence-corrected chi connectivity index (χ1v) is 9.25. The zero-order valence-electron chi connectivity index (χ0n) is 13.5. The lowest BCUT2D eigenvalue weighted by molar-refractivity contribution is -0.117. The van der Waals surface area contributed by atoms with Crippen molar-refractivity contribution in [1.82, 2.24) is 5.32 Å². The van der Waals surface area contributed by atoms with E-state index < -0.39 is 0 Å². The van der Waals surface area contributed by atoms with Crippen LogP contribution in [0.15, 0.2) is 41.8 Å². The normalized spacial score (nSPS) is 19.3. The average Bonchev–Trinajstić information content (AvgIpc) is 3.10. The zero-order valence-corrected chi connectivity index (χ0v) is 14.4. The van der Waals surface area contributed by atoms with Crippen molar-refractivity contribution in [1.29, 1.82) is 0 Å². The van der Waals surface area contributed by atoms with Gasteiger partial charge >= 0.3 is 0 Å². The van der Waals surface area contributed by atoms with Crippen molar-refractivity contribution in [3.8, 4) is 10.4 Å². The molecule has 1 fully saturated rings. The summed E-state index contributed by atoms with van der Waals surface area (Å²) >= 11 is 1.69. The Morgan fingerprint density at radius 1 is 1.35 bits per heavy atom. The van der Waals surface area contributed by atoms with Crippen LogP contribution in [0.2, 0.25) is 0 Å². The summed E-state index contributed by atoms with van der Waals surface area (Å²) in [5.41, 5.74) is 2.01. The van der Waals surface area contributed by atoms with E-state index in [1.807, 2.05) is 24.3 Å². The van der Waals surface area contributed by atoms with Gasteiger partial charge in [0.2, 0.25) is 5.91 Å². The number of hydrogen-bond donors (Lipinski definition) is 2. The molecule has 122 valence electrons. The fraction of sp³-hybridized carbons (Fsp3) is 0.421. The topological polar surface area (TPSA) is 41.1 Å². The van der Waals surface area contributed by atoms with E-state index in [0.717, 1.165) is 24.3 Å². The number of nitrogens with one attached hydrogen (secondary N) is 2. The third-order valence-electron chi connectivity index (χ3n) is 4.63. The Balaban J connectivity index is 1.64. The summed E-state index contributed by atoms with van der Waals surface area (Å²) in [6.45, 7) is 4.35. The van der Waals surface area contributed by atoms with E-state index in [4.69, 9.17) is 0 Å². The molecule has 0 bridgehead atoms. The standard InChI is InChI=1S/C19H24N2OS/c1-14(15-6-4-10-20-13-15)12-19(22)21-17-8-3-2-7-16(17)18-9-5-11-23-18/h2-3,5,7-9,11,14-15,20H,4,6,10,12-13H2,1H3,(H,21,22). The zero-order chi connectivity index (χ0) is 16.1. The summed E-state index contributed by atoms with van der Waals surface area (Å²) in [5, 5.41) is 8.61. The Morgan fingerprint density at radius 3 is 2.96 bits per heavy atom. The molecule has 23 heavy (non-hydrogen) atoms. The number of benzene rings is 1. The Morgan fingerprint density at radius 2 is 2.22 bits per heavy atom. The summed E-state index contributed by atoms with van der Waals surface area (Å²) in [6, 6.07) is 12.2. The monoisotopic (exact) mass is 328 g/mol. The highest BCUT2D eigenvalue weighted by Gasteiger charge is 2.22. The number of carbonyl (C=O) groups excluding carboxylic acids is 1. The third-order valence-corrected chi connectivity index (χ3v) is 5.54. The minimum atomic E-state index is 0.118. The van der Waals surface area contributed by atoms with Gasteiger partial charge in [0.05, 0.1) is 0 Å². The second-order valence-corrected chi connectivity index (χ2v) is 7.31. The fourth-order valence-electron chi connectivity index (χ4n) is 3.26. The van der Waals surface area contributed by atoms with Crippen LogP contribution in [-0.4, -0.2) is 19.0 Å². The fourth-order valence-corrected chi connectivity index (χ4v) is 4.03. The predicted molar refractivity (Wildman–Crippen MR) is 97.8 cm³/mol. The van der Waals surface area contributed by atoms with Crippen LogP contribution in [0, 0.1) is 11.8 Å². The molecular formula is C19H24N2OS. The first-order chi connectivity index (χ1) is 11.2. The number of anilines is 1. The Labute approximate surface area is 142 Å². The van der Waals surface area contributed by atoms with Crippen molar-refractivity contribution in [3.05, 3.63) is 41.8 Å². The molecule has 1 aliphatic rings. The molecule has 2 unspecified atom stereocenters. The smallest absolute Gasteiger partial charge is 0.224 e. The van der Waals surface area contributed by atoms with Gasteiger partial charge in [0, 0.05) is 22.5 Å². The second kappa shape index (κ2) is 7.75. The number of para-hydroxylation sites is 1. The van der Waals surface area contributed by atoms with Crippen molar-refractivity contribution in [3.63, 3.8) is 0 Å². The molecule has 0 saturated carbocycles. The minimum Gasteiger partial charge on any atom is -0.325 e. The molecule has 1 saturated heterocycles. The van der Waals surface area contributed by atoms with Gasteiger partial charge in [0.1, 0.15) is 0 Å². The maximum absolute atomic E-state index is 12.5. The minimum absolute atomic E-state index is 0.118. The lowest BCUT2D eigenvalue weighted by atomic mass is 9.85. The highest BCUT2D eigenvalue weighted by atomic mass is 32.1. The van der Waals surface area contributed by atoms with Crippen LogP contribution in [0.5, 0.6) is 0 Å². The van der Waals surface area contributed by atoms with Crippen LogP contribution in [0.3, 0.4) is 0 Å².